The Balaban J connectivity index is 1.05. The van der Waals surface area contributed by atoms with Crippen LogP contribution in [0.2, 0.25) is 0 Å². The summed E-state index contributed by atoms with van der Waals surface area (Å²) in [5, 5.41) is 177. The largest absolute Gasteiger partial charge is 0.479 e. The Kier molecular flexibility index (Phi) is 17.7. The molecule has 7 rings (SSSR count). The molecule has 0 saturated carbocycles. The first-order valence-corrected chi connectivity index (χ1v) is 21.1. The third-order valence-electron chi connectivity index (χ3n) is 12.3. The van der Waals surface area contributed by atoms with Gasteiger partial charge in [-0.15, -0.1) is 0 Å². The van der Waals surface area contributed by atoms with E-state index in [2.05, 4.69) is 0 Å². The Morgan fingerprint density at radius 2 is 0.851 bits per heavy atom. The van der Waals surface area contributed by atoms with Crippen LogP contribution in [0.5, 0.6) is 0 Å². The molecule has 29 atom stereocenters. The van der Waals surface area contributed by atoms with Gasteiger partial charge in [0.15, 0.2) is 50.1 Å². The van der Waals surface area contributed by atoms with E-state index in [0.717, 1.165) is 0 Å². The first kappa shape index (κ1) is 53.1. The molecule has 0 radical (unpaired) electrons. The normalized spacial score (nSPS) is 53.2. The minimum Gasteiger partial charge on any atom is -0.479 e. The zero-order chi connectivity index (χ0) is 48.8. The SMILES string of the molecule is O=C(O)[C@H]1O[C@H](O[C@H]2[C@H](O[C@@H]3CO[C@@H](O[C@@H]4CO[C@@H](O[C@@H]5COC(O)[C@H](O)[C@H]5O)[C@H](O)[C@H]4O[C@@H]4O[C@@H](CO)[C@H](O)[C@H]4O[C@@H]4O[C@@H](CO)[C@H](O)[C@H]4O)[C@H](O)[C@H]3O)OC[C@@H](O)[C@@H]2O)[C@H](O)[C@@H](O)[C@@H]1O. The van der Waals surface area contributed by atoms with Crippen molar-refractivity contribution in [1.82, 2.24) is 0 Å². The Labute approximate surface area is 377 Å². The fourth-order valence-electron chi connectivity index (χ4n) is 8.33. The van der Waals surface area contributed by atoms with Crippen molar-refractivity contribution in [1.29, 1.82) is 0 Å². The predicted octanol–water partition coefficient (Wildman–Crippen LogP) is -12.3. The van der Waals surface area contributed by atoms with Gasteiger partial charge in [0.1, 0.15) is 128 Å². The van der Waals surface area contributed by atoms with E-state index in [1.165, 1.54) is 0 Å². The van der Waals surface area contributed by atoms with Gasteiger partial charge < -0.3 is 148 Å². The van der Waals surface area contributed by atoms with E-state index >= 15 is 0 Å². The predicted molar refractivity (Wildman–Crippen MR) is 196 cm³/mol. The Hall–Kier alpha value is -1.69. The summed E-state index contributed by atoms with van der Waals surface area (Å²) >= 11 is 0. The smallest absolute Gasteiger partial charge is 0.335 e. The van der Waals surface area contributed by atoms with Gasteiger partial charge in [-0.2, -0.15) is 0 Å². The standard InChI is InChI=1S/C36H58O31/c37-1-8-14(41)22(49)33(59-8)67-28-17(44)9(2-38)60-36(28)64-25-12(6-58-32(24(25)51)61-10-4-55-30(54)20(47)15(10)42)63-31-21(48)16(43)11(5-57-31)62-35-27(13(40)7(39)3-56-35)66-34-23(50)18(45)19(46)26(65-34)29(52)53/h7-28,30-51,54H,1-6H2,(H,52,53)/t7-,8+,9+,10-,11-,12-,13+,14+,15+,16+,17+,18+,19+,20-,21-,22-,23-,24-,25+,26+,27-,28-,30?,31+,32+,33+,34-,35+,36+/m1/s1. The topological polar surface area (TPSA) is 481 Å². The van der Waals surface area contributed by atoms with Gasteiger partial charge in [0.05, 0.1) is 39.6 Å². The van der Waals surface area contributed by atoms with Gasteiger partial charge in [0, 0.05) is 0 Å². The summed E-state index contributed by atoms with van der Waals surface area (Å²) in [5.41, 5.74) is 0. The van der Waals surface area contributed by atoms with Crippen LogP contribution in [0.3, 0.4) is 0 Å². The minimum atomic E-state index is -2.12. The van der Waals surface area contributed by atoms with Gasteiger partial charge in [0.25, 0.3) is 0 Å². The fourth-order valence-corrected chi connectivity index (χ4v) is 8.33. The van der Waals surface area contributed by atoms with E-state index in [1.54, 1.807) is 0 Å². The molecule has 31 heteroatoms. The Bertz CT molecular complexity index is 1590. The van der Waals surface area contributed by atoms with E-state index in [-0.39, 0.29) is 0 Å². The molecule has 31 nitrogen and oxygen atoms in total. The molecular formula is C36H58O31. The average Bonchev–Trinajstić information content (AvgIpc) is 3.75. The fraction of sp³-hybridized carbons (Fsp3) is 0.972. The zero-order valence-electron chi connectivity index (χ0n) is 34.8. The molecule has 7 aliphatic rings. The second-order valence-electron chi connectivity index (χ2n) is 16.8. The molecule has 1 unspecified atom stereocenters. The van der Waals surface area contributed by atoms with Crippen LogP contribution >= 0.6 is 0 Å². The molecule has 7 heterocycles. The number of aliphatic carboxylic acids is 1. The lowest BCUT2D eigenvalue weighted by Crippen LogP contribution is -2.65. The molecule has 0 aromatic heterocycles. The molecule has 0 spiro atoms. The van der Waals surface area contributed by atoms with Gasteiger partial charge in [-0.1, -0.05) is 0 Å². The maximum absolute atomic E-state index is 11.7. The highest BCUT2D eigenvalue weighted by atomic mass is 16.8. The highest BCUT2D eigenvalue weighted by Gasteiger charge is 2.56. The van der Waals surface area contributed by atoms with Crippen LogP contribution in [0.1, 0.15) is 0 Å². The number of rotatable bonds is 15. The zero-order valence-corrected chi connectivity index (χ0v) is 34.8. The van der Waals surface area contributed by atoms with E-state index in [0.29, 0.717) is 0 Å². The summed E-state index contributed by atoms with van der Waals surface area (Å²) in [5.74, 6) is -1.75. The number of ether oxygens (including phenoxy) is 13. The van der Waals surface area contributed by atoms with E-state index < -0.39 is 224 Å². The molecule has 7 fully saturated rings. The van der Waals surface area contributed by atoms with Crippen LogP contribution in [0.25, 0.3) is 0 Å². The van der Waals surface area contributed by atoms with Crippen molar-refractivity contribution in [2.24, 2.45) is 0 Å². The second-order valence-corrected chi connectivity index (χ2v) is 16.8. The molecule has 7 aliphatic heterocycles. The Morgan fingerprint density at radius 3 is 1.48 bits per heavy atom. The number of carboxylic acids is 1. The van der Waals surface area contributed by atoms with E-state index in [9.17, 15) is 91.6 Å². The van der Waals surface area contributed by atoms with Crippen LogP contribution in [0, 0.1) is 0 Å². The lowest BCUT2D eigenvalue weighted by Gasteiger charge is -2.46. The van der Waals surface area contributed by atoms with Crippen LogP contribution in [0.15, 0.2) is 0 Å². The average molecular weight is 987 g/mol. The molecule has 388 valence electrons. The highest BCUT2D eigenvalue weighted by molar-refractivity contribution is 5.73. The number of aliphatic hydroxyl groups is 16. The van der Waals surface area contributed by atoms with Crippen molar-refractivity contribution in [3.8, 4) is 0 Å². The quantitative estimate of drug-likeness (QED) is 0.0724. The van der Waals surface area contributed by atoms with Crippen LogP contribution < -0.4 is 0 Å². The van der Waals surface area contributed by atoms with Crippen LogP contribution in [0.4, 0.5) is 0 Å². The van der Waals surface area contributed by atoms with Crippen molar-refractivity contribution in [3.63, 3.8) is 0 Å². The number of carbonyl (C=O) groups is 1. The maximum atomic E-state index is 11.7. The molecule has 0 aromatic carbocycles. The van der Waals surface area contributed by atoms with Crippen molar-refractivity contribution in [2.45, 2.75) is 178 Å². The van der Waals surface area contributed by atoms with Gasteiger partial charge in [-0.05, 0) is 0 Å². The molecule has 0 aromatic rings. The summed E-state index contributed by atoms with van der Waals surface area (Å²) in [7, 11) is 0. The molecule has 0 amide bonds. The lowest BCUT2D eigenvalue weighted by atomic mass is 9.98. The second kappa shape index (κ2) is 22.4. The minimum absolute atomic E-state index is 0.510. The van der Waals surface area contributed by atoms with Gasteiger partial charge in [-0.25, -0.2) is 4.79 Å². The van der Waals surface area contributed by atoms with Crippen LogP contribution in [-0.2, 0) is 66.4 Å². The van der Waals surface area contributed by atoms with Crippen molar-refractivity contribution in [2.75, 3.05) is 39.6 Å². The first-order valence-electron chi connectivity index (χ1n) is 21.1. The maximum Gasteiger partial charge on any atom is 0.335 e. The molecule has 17 N–H and O–H groups in total. The molecular weight excluding hydrogens is 928 g/mol. The van der Waals surface area contributed by atoms with Crippen molar-refractivity contribution >= 4 is 5.97 Å². The van der Waals surface area contributed by atoms with E-state index in [4.69, 9.17) is 61.6 Å². The third kappa shape index (κ3) is 11.1. The van der Waals surface area contributed by atoms with Gasteiger partial charge in [-0.3, -0.25) is 0 Å². The molecule has 0 aliphatic carbocycles. The van der Waals surface area contributed by atoms with E-state index in [1.807, 2.05) is 0 Å². The third-order valence-corrected chi connectivity index (χ3v) is 12.3. The van der Waals surface area contributed by atoms with Crippen molar-refractivity contribution < 1.29 is 153 Å². The summed E-state index contributed by atoms with van der Waals surface area (Å²) in [6.45, 7) is -3.99. The summed E-state index contributed by atoms with van der Waals surface area (Å²) in [4.78, 5) is 11.6. The number of hydrogen-bond donors (Lipinski definition) is 17. The van der Waals surface area contributed by atoms with Crippen molar-refractivity contribution in [3.05, 3.63) is 0 Å². The molecule has 67 heavy (non-hydrogen) atoms. The number of aliphatic hydroxyl groups excluding tert-OH is 16. The summed E-state index contributed by atoms with van der Waals surface area (Å²) in [6.07, 6.45) is -52.2. The molecule has 0 bridgehead atoms. The first-order chi connectivity index (χ1) is 31.7. The molecule has 7 saturated heterocycles. The Morgan fingerprint density at radius 1 is 0.388 bits per heavy atom. The number of carboxylic acid groups (broad SMARTS) is 1. The summed E-state index contributed by atoms with van der Waals surface area (Å²) in [6, 6.07) is 0. The van der Waals surface area contributed by atoms with Gasteiger partial charge in [0.2, 0.25) is 0 Å². The highest BCUT2D eigenvalue weighted by Crippen LogP contribution is 2.36. The summed E-state index contributed by atoms with van der Waals surface area (Å²) < 4.78 is 72.7. The van der Waals surface area contributed by atoms with Crippen LogP contribution in [-0.4, -0.2) is 311 Å². The monoisotopic (exact) mass is 986 g/mol. The lowest BCUT2D eigenvalue weighted by molar-refractivity contribution is -0.379. The van der Waals surface area contributed by atoms with Gasteiger partial charge >= 0.3 is 5.97 Å². The number of hydrogen-bond acceptors (Lipinski definition) is 30.